The van der Waals surface area contributed by atoms with Crippen LogP contribution in [0.1, 0.15) is 24.6 Å². The fourth-order valence-corrected chi connectivity index (χ4v) is 3.17. The number of ether oxygens (including phenoxy) is 1. The number of rotatable bonds is 5. The van der Waals surface area contributed by atoms with Crippen LogP contribution in [0.5, 0.6) is 5.88 Å². The van der Waals surface area contributed by atoms with Crippen molar-refractivity contribution in [2.45, 2.75) is 24.9 Å². The van der Waals surface area contributed by atoms with Gasteiger partial charge in [0.2, 0.25) is 5.88 Å². The molecule has 0 spiro atoms. The number of nitrogens with zero attached hydrogens (tertiary/aromatic N) is 4. The monoisotopic (exact) mass is 303 g/mol. The van der Waals surface area contributed by atoms with Crippen LogP contribution < -0.4 is 10.1 Å². The molecular formula is C14H17N5OS. The van der Waals surface area contributed by atoms with E-state index in [2.05, 4.69) is 32.2 Å². The van der Waals surface area contributed by atoms with Gasteiger partial charge in [0.25, 0.3) is 0 Å². The molecule has 0 amide bonds. The van der Waals surface area contributed by atoms with Crippen LogP contribution in [0.15, 0.2) is 12.4 Å². The quantitative estimate of drug-likeness (QED) is 0.909. The highest BCUT2D eigenvalue weighted by Gasteiger charge is 2.20. The van der Waals surface area contributed by atoms with Gasteiger partial charge < -0.3 is 10.1 Å². The Labute approximate surface area is 127 Å². The topological polar surface area (TPSA) is 72.8 Å². The Morgan fingerprint density at radius 3 is 3.00 bits per heavy atom. The first kappa shape index (κ1) is 14.1. The summed E-state index contributed by atoms with van der Waals surface area (Å²) in [5.41, 5.74) is 3.00. The molecule has 0 aliphatic carbocycles. The van der Waals surface area contributed by atoms with Gasteiger partial charge in [0.15, 0.2) is 5.82 Å². The third-order valence-corrected chi connectivity index (χ3v) is 4.17. The highest BCUT2D eigenvalue weighted by atomic mass is 32.2. The fourth-order valence-electron chi connectivity index (χ4n) is 2.13. The molecule has 21 heavy (non-hydrogen) atoms. The maximum absolute atomic E-state index is 5.14. The van der Waals surface area contributed by atoms with Crippen molar-refractivity contribution in [2.75, 3.05) is 19.0 Å². The molecule has 0 saturated carbocycles. The molecule has 3 rings (SSSR count). The predicted octanol–water partition coefficient (Wildman–Crippen LogP) is 2.51. The van der Waals surface area contributed by atoms with Crippen LogP contribution >= 0.6 is 11.8 Å². The SMILES string of the molecule is CCCNc1nc(-c2cc(OC)ncn2)nc2c1CSC2. The largest absolute Gasteiger partial charge is 0.481 e. The van der Waals surface area contributed by atoms with E-state index in [-0.39, 0.29) is 0 Å². The van der Waals surface area contributed by atoms with Gasteiger partial charge in [-0.3, -0.25) is 0 Å². The maximum Gasteiger partial charge on any atom is 0.216 e. The van der Waals surface area contributed by atoms with Gasteiger partial charge in [-0.25, -0.2) is 19.9 Å². The molecular weight excluding hydrogens is 286 g/mol. The van der Waals surface area contributed by atoms with Crippen LogP contribution in [0.4, 0.5) is 5.82 Å². The van der Waals surface area contributed by atoms with E-state index in [9.17, 15) is 0 Å². The van der Waals surface area contributed by atoms with Crippen LogP contribution in [0.3, 0.4) is 0 Å². The summed E-state index contributed by atoms with van der Waals surface area (Å²) in [6.07, 6.45) is 2.53. The molecule has 0 unspecified atom stereocenters. The normalized spacial score (nSPS) is 13.0. The molecule has 0 atom stereocenters. The third kappa shape index (κ3) is 2.92. The Morgan fingerprint density at radius 2 is 2.19 bits per heavy atom. The molecule has 6 nitrogen and oxygen atoms in total. The molecule has 0 fully saturated rings. The van der Waals surface area contributed by atoms with Crippen molar-refractivity contribution in [3.05, 3.63) is 23.7 Å². The molecule has 3 heterocycles. The van der Waals surface area contributed by atoms with Crippen LogP contribution in [0, 0.1) is 0 Å². The number of thioether (sulfide) groups is 1. The van der Waals surface area contributed by atoms with Crippen molar-refractivity contribution in [3.63, 3.8) is 0 Å². The number of anilines is 1. The lowest BCUT2D eigenvalue weighted by Gasteiger charge is -2.11. The Hall–Kier alpha value is -1.89. The average molecular weight is 303 g/mol. The first-order valence-corrected chi connectivity index (χ1v) is 8.05. The molecule has 1 N–H and O–H groups in total. The van der Waals surface area contributed by atoms with Crippen molar-refractivity contribution in [3.8, 4) is 17.4 Å². The minimum Gasteiger partial charge on any atom is -0.481 e. The third-order valence-electron chi connectivity index (χ3n) is 3.20. The second-order valence-electron chi connectivity index (χ2n) is 4.69. The lowest BCUT2D eigenvalue weighted by Crippen LogP contribution is -2.08. The van der Waals surface area contributed by atoms with Gasteiger partial charge in [-0.1, -0.05) is 6.92 Å². The van der Waals surface area contributed by atoms with Crippen molar-refractivity contribution in [1.82, 2.24) is 19.9 Å². The fraction of sp³-hybridized carbons (Fsp3) is 0.429. The number of hydrogen-bond donors (Lipinski definition) is 1. The first-order valence-electron chi connectivity index (χ1n) is 6.89. The number of methoxy groups -OCH3 is 1. The van der Waals surface area contributed by atoms with E-state index in [1.165, 1.54) is 11.9 Å². The predicted molar refractivity (Wildman–Crippen MR) is 83.4 cm³/mol. The van der Waals surface area contributed by atoms with Crippen molar-refractivity contribution >= 4 is 17.6 Å². The summed E-state index contributed by atoms with van der Waals surface area (Å²) in [6.45, 7) is 3.04. The van der Waals surface area contributed by atoms with E-state index in [0.29, 0.717) is 17.4 Å². The molecule has 1 aliphatic heterocycles. The Bertz CT molecular complexity index is 649. The standard InChI is InChI=1S/C14H17N5OS/c1-3-4-15-13-9-6-21-7-11(9)18-14(19-13)10-5-12(20-2)17-8-16-10/h5,8H,3-4,6-7H2,1-2H3,(H,15,18,19). The van der Waals surface area contributed by atoms with Gasteiger partial charge in [-0.2, -0.15) is 11.8 Å². The Kier molecular flexibility index (Phi) is 4.19. The summed E-state index contributed by atoms with van der Waals surface area (Å²) in [6, 6.07) is 1.76. The summed E-state index contributed by atoms with van der Waals surface area (Å²) >= 11 is 1.86. The number of hydrogen-bond acceptors (Lipinski definition) is 7. The maximum atomic E-state index is 5.14. The smallest absolute Gasteiger partial charge is 0.216 e. The Balaban J connectivity index is 2.02. The van der Waals surface area contributed by atoms with Crippen LogP contribution in [0.25, 0.3) is 11.5 Å². The van der Waals surface area contributed by atoms with Crippen molar-refractivity contribution < 1.29 is 4.74 Å². The first-order chi connectivity index (χ1) is 10.3. The van der Waals surface area contributed by atoms with E-state index in [4.69, 9.17) is 4.74 Å². The van der Waals surface area contributed by atoms with Gasteiger partial charge in [0.05, 0.1) is 12.8 Å². The summed E-state index contributed by atoms with van der Waals surface area (Å²) in [7, 11) is 1.58. The number of nitrogens with one attached hydrogen (secondary N) is 1. The van der Waals surface area contributed by atoms with E-state index < -0.39 is 0 Å². The number of aromatic nitrogens is 4. The van der Waals surface area contributed by atoms with E-state index in [1.807, 2.05) is 11.8 Å². The lowest BCUT2D eigenvalue weighted by atomic mass is 10.2. The van der Waals surface area contributed by atoms with E-state index >= 15 is 0 Å². The van der Waals surface area contributed by atoms with Gasteiger partial charge >= 0.3 is 0 Å². The van der Waals surface area contributed by atoms with Gasteiger partial charge in [-0.05, 0) is 6.42 Å². The van der Waals surface area contributed by atoms with E-state index in [0.717, 1.165) is 36.0 Å². The molecule has 0 aromatic carbocycles. The molecule has 110 valence electrons. The zero-order chi connectivity index (χ0) is 14.7. The average Bonchev–Trinajstić information content (AvgIpc) is 3.01. The van der Waals surface area contributed by atoms with Gasteiger partial charge in [0, 0.05) is 29.7 Å². The summed E-state index contributed by atoms with van der Waals surface area (Å²) < 4.78 is 5.14. The molecule has 7 heteroatoms. The van der Waals surface area contributed by atoms with E-state index in [1.54, 1.807) is 13.2 Å². The van der Waals surface area contributed by atoms with Crippen molar-refractivity contribution in [1.29, 1.82) is 0 Å². The molecule has 2 aromatic rings. The minimum absolute atomic E-state index is 0.515. The summed E-state index contributed by atoms with van der Waals surface area (Å²) in [4.78, 5) is 17.6. The highest BCUT2D eigenvalue weighted by molar-refractivity contribution is 7.98. The van der Waals surface area contributed by atoms with Crippen molar-refractivity contribution in [2.24, 2.45) is 0 Å². The summed E-state index contributed by atoms with van der Waals surface area (Å²) in [5.74, 6) is 3.96. The zero-order valence-corrected chi connectivity index (χ0v) is 12.9. The zero-order valence-electron chi connectivity index (χ0n) is 12.1. The van der Waals surface area contributed by atoms with Gasteiger partial charge in [0.1, 0.15) is 17.8 Å². The molecule has 0 radical (unpaired) electrons. The molecule has 2 aromatic heterocycles. The minimum atomic E-state index is 0.515. The highest BCUT2D eigenvalue weighted by Crippen LogP contribution is 2.34. The molecule has 0 saturated heterocycles. The molecule has 1 aliphatic rings. The van der Waals surface area contributed by atoms with Crippen LogP contribution in [-0.2, 0) is 11.5 Å². The molecule has 0 bridgehead atoms. The lowest BCUT2D eigenvalue weighted by molar-refractivity contribution is 0.397. The van der Waals surface area contributed by atoms with Crippen LogP contribution in [-0.4, -0.2) is 33.6 Å². The summed E-state index contributed by atoms with van der Waals surface area (Å²) in [5, 5.41) is 3.39. The second-order valence-corrected chi connectivity index (χ2v) is 5.67. The Morgan fingerprint density at radius 1 is 1.29 bits per heavy atom. The van der Waals surface area contributed by atoms with Gasteiger partial charge in [-0.15, -0.1) is 0 Å². The second kappa shape index (κ2) is 6.26. The van der Waals surface area contributed by atoms with Crippen LogP contribution in [0.2, 0.25) is 0 Å². The number of fused-ring (bicyclic) bond motifs is 1.